The van der Waals surface area contributed by atoms with Gasteiger partial charge in [0.25, 0.3) is 6.01 Å². The van der Waals surface area contributed by atoms with Crippen molar-refractivity contribution in [3.63, 3.8) is 0 Å². The highest BCUT2D eigenvalue weighted by Gasteiger charge is 2.23. The maximum atomic E-state index is 10.7. The summed E-state index contributed by atoms with van der Waals surface area (Å²) in [4.78, 5) is 17.8. The Morgan fingerprint density at radius 1 is 1.02 bits per heavy atom. The molecule has 0 unspecified atom stereocenters. The second-order valence-corrected chi connectivity index (χ2v) is 10.1. The molecule has 1 aliphatic rings. The zero-order valence-electron chi connectivity index (χ0n) is 23.7. The van der Waals surface area contributed by atoms with Crippen LogP contribution in [0, 0.1) is 0 Å². The molecule has 2 aromatic carbocycles. The van der Waals surface area contributed by atoms with Crippen molar-refractivity contribution in [2.75, 3.05) is 38.2 Å². The van der Waals surface area contributed by atoms with E-state index in [0.717, 1.165) is 55.2 Å². The van der Waals surface area contributed by atoms with E-state index < -0.39 is 5.97 Å². The number of likely N-dealkylation sites (tertiary alicyclic amines) is 1. The Kier molecular flexibility index (Phi) is 9.30. The zero-order valence-corrected chi connectivity index (χ0v) is 23.7. The van der Waals surface area contributed by atoms with E-state index >= 15 is 0 Å². The zero-order chi connectivity index (χ0) is 28.6. The van der Waals surface area contributed by atoms with Gasteiger partial charge < -0.3 is 33.6 Å². The van der Waals surface area contributed by atoms with Crippen LogP contribution < -0.4 is 19.5 Å². The average Bonchev–Trinajstić information content (AvgIpc) is 3.63. The minimum Gasteiger partial charge on any atom is -0.492 e. The molecule has 0 spiro atoms. The Balaban J connectivity index is 1.20. The molecule has 0 radical (unpaired) electrons. The van der Waals surface area contributed by atoms with Gasteiger partial charge in [0.2, 0.25) is 0 Å². The maximum Gasteiger partial charge on any atom is 0.303 e. The maximum absolute atomic E-state index is 10.7. The summed E-state index contributed by atoms with van der Waals surface area (Å²) in [6, 6.07) is 14.5. The number of benzene rings is 2. The number of aliphatic carboxylic acids is 1. The third-order valence-electron chi connectivity index (χ3n) is 7.05. The summed E-state index contributed by atoms with van der Waals surface area (Å²) in [7, 11) is 0. The first-order chi connectivity index (χ1) is 20.0. The molecule has 4 aromatic rings. The van der Waals surface area contributed by atoms with Gasteiger partial charge >= 0.3 is 5.97 Å². The van der Waals surface area contributed by atoms with Gasteiger partial charge in [-0.3, -0.25) is 9.69 Å². The summed E-state index contributed by atoms with van der Waals surface area (Å²) in [6.45, 7) is 8.13. The first-order valence-corrected chi connectivity index (χ1v) is 14.3. The van der Waals surface area contributed by atoms with E-state index in [9.17, 15) is 4.79 Å². The third-order valence-corrected chi connectivity index (χ3v) is 7.05. The number of rotatable bonds is 14. The van der Waals surface area contributed by atoms with Gasteiger partial charge in [-0.2, -0.15) is 4.98 Å². The summed E-state index contributed by atoms with van der Waals surface area (Å²) in [6.07, 6.45) is 6.42. The Morgan fingerprint density at radius 2 is 1.73 bits per heavy atom. The molecule has 2 aromatic heterocycles. The van der Waals surface area contributed by atoms with Crippen molar-refractivity contribution in [2.45, 2.75) is 52.1 Å². The van der Waals surface area contributed by atoms with E-state index in [4.69, 9.17) is 23.7 Å². The predicted molar refractivity (Wildman–Crippen MR) is 156 cm³/mol. The predicted octanol–water partition coefficient (Wildman–Crippen LogP) is 5.74. The van der Waals surface area contributed by atoms with Gasteiger partial charge in [0, 0.05) is 44.5 Å². The SMILES string of the molecule is CCOc1cc(CN2CCC(Nc3nc4cccc(OCCCC(=O)O)c4o3)CC2)cc(OCC)c1-n1cccc1. The van der Waals surface area contributed by atoms with Gasteiger partial charge in [-0.15, -0.1) is 0 Å². The Morgan fingerprint density at radius 3 is 2.39 bits per heavy atom. The molecule has 0 atom stereocenters. The number of fused-ring (bicyclic) bond motifs is 1. The number of hydrogen-bond acceptors (Lipinski definition) is 8. The minimum absolute atomic E-state index is 0.0678. The highest BCUT2D eigenvalue weighted by Crippen LogP contribution is 2.36. The first-order valence-electron chi connectivity index (χ1n) is 14.3. The van der Waals surface area contributed by atoms with Crippen molar-refractivity contribution in [3.05, 3.63) is 60.4 Å². The fraction of sp³-hybridized carbons (Fsp3) is 0.419. The van der Waals surface area contributed by atoms with Crippen molar-refractivity contribution in [1.82, 2.24) is 14.5 Å². The normalized spacial score (nSPS) is 14.3. The number of hydrogen-bond donors (Lipinski definition) is 2. The minimum atomic E-state index is -0.833. The fourth-order valence-corrected chi connectivity index (χ4v) is 5.17. The molecule has 5 rings (SSSR count). The largest absolute Gasteiger partial charge is 0.492 e. The molecular weight excluding hydrogens is 524 g/mol. The van der Waals surface area contributed by atoms with Crippen LogP contribution in [-0.2, 0) is 11.3 Å². The van der Waals surface area contributed by atoms with E-state index in [1.165, 1.54) is 0 Å². The molecule has 0 aliphatic carbocycles. The molecule has 41 heavy (non-hydrogen) atoms. The van der Waals surface area contributed by atoms with Crippen LogP contribution in [0.4, 0.5) is 6.01 Å². The Labute approximate surface area is 239 Å². The van der Waals surface area contributed by atoms with Crippen molar-refractivity contribution >= 4 is 23.1 Å². The molecule has 1 aliphatic heterocycles. The lowest BCUT2D eigenvalue weighted by Gasteiger charge is -2.32. The lowest BCUT2D eigenvalue weighted by atomic mass is 10.0. The fourth-order valence-electron chi connectivity index (χ4n) is 5.17. The van der Waals surface area contributed by atoms with Crippen molar-refractivity contribution in [1.29, 1.82) is 0 Å². The van der Waals surface area contributed by atoms with E-state index in [2.05, 4.69) is 27.3 Å². The van der Waals surface area contributed by atoms with Crippen LogP contribution in [-0.4, -0.2) is 64.5 Å². The molecule has 1 saturated heterocycles. The second kappa shape index (κ2) is 13.5. The van der Waals surface area contributed by atoms with Gasteiger partial charge in [-0.05, 0) is 75.1 Å². The molecule has 0 amide bonds. The number of oxazole rings is 1. The molecule has 10 heteroatoms. The number of aromatic nitrogens is 2. The second-order valence-electron chi connectivity index (χ2n) is 10.1. The van der Waals surface area contributed by atoms with Crippen LogP contribution in [0.15, 0.2) is 59.3 Å². The van der Waals surface area contributed by atoms with Crippen molar-refractivity contribution in [3.8, 4) is 22.9 Å². The standard InChI is InChI=1S/C31H38N4O6/c1-3-38-26-19-22(20-27(39-4-2)29(26)35-14-5-6-15-35)21-34-16-12-23(13-17-34)32-31-33-24-9-7-10-25(30(24)41-31)40-18-8-11-28(36)37/h5-7,9-10,14-15,19-20,23H,3-4,8,11-13,16-18,21H2,1-2H3,(H,32,33)(H,36,37). The quantitative estimate of drug-likeness (QED) is 0.186. The topological polar surface area (TPSA) is 111 Å². The van der Waals surface area contributed by atoms with E-state index in [1.807, 2.05) is 61.1 Å². The number of carbonyl (C=O) groups is 1. The Hall–Kier alpha value is -4.18. The molecule has 2 N–H and O–H groups in total. The molecule has 1 fully saturated rings. The molecule has 3 heterocycles. The summed E-state index contributed by atoms with van der Waals surface area (Å²) < 4.78 is 25.9. The number of nitrogens with zero attached hydrogens (tertiary/aromatic N) is 3. The molecule has 0 bridgehead atoms. The number of piperidine rings is 1. The van der Waals surface area contributed by atoms with E-state index in [0.29, 0.717) is 49.1 Å². The van der Waals surface area contributed by atoms with Crippen LogP contribution in [0.5, 0.6) is 17.2 Å². The average molecular weight is 563 g/mol. The molecule has 10 nitrogen and oxygen atoms in total. The number of anilines is 1. The summed E-state index contributed by atoms with van der Waals surface area (Å²) in [5.41, 5.74) is 3.37. The van der Waals surface area contributed by atoms with Gasteiger partial charge in [-0.25, -0.2) is 0 Å². The number of carboxylic acid groups (broad SMARTS) is 1. The molecule has 0 saturated carbocycles. The summed E-state index contributed by atoms with van der Waals surface area (Å²) in [5.74, 6) is 1.38. The van der Waals surface area contributed by atoms with Gasteiger partial charge in [-0.1, -0.05) is 6.07 Å². The molecule has 218 valence electrons. The lowest BCUT2D eigenvalue weighted by Crippen LogP contribution is -2.38. The highest BCUT2D eigenvalue weighted by molar-refractivity contribution is 5.80. The summed E-state index contributed by atoms with van der Waals surface area (Å²) >= 11 is 0. The number of nitrogens with one attached hydrogen (secondary N) is 1. The van der Waals surface area contributed by atoms with Crippen LogP contribution in [0.25, 0.3) is 16.8 Å². The number of carboxylic acids is 1. The van der Waals surface area contributed by atoms with Gasteiger partial charge in [0.15, 0.2) is 11.3 Å². The Bertz CT molecular complexity index is 1400. The third kappa shape index (κ3) is 7.13. The highest BCUT2D eigenvalue weighted by atomic mass is 16.5. The van der Waals surface area contributed by atoms with Crippen LogP contribution in [0.3, 0.4) is 0 Å². The van der Waals surface area contributed by atoms with Gasteiger partial charge in [0.05, 0.1) is 19.8 Å². The lowest BCUT2D eigenvalue weighted by molar-refractivity contribution is -0.137. The van der Waals surface area contributed by atoms with Crippen molar-refractivity contribution in [2.24, 2.45) is 0 Å². The smallest absolute Gasteiger partial charge is 0.303 e. The van der Waals surface area contributed by atoms with Gasteiger partial charge in [0.1, 0.15) is 22.7 Å². The van der Waals surface area contributed by atoms with E-state index in [-0.39, 0.29) is 12.5 Å². The van der Waals surface area contributed by atoms with E-state index in [1.54, 1.807) is 0 Å². The van der Waals surface area contributed by atoms with Crippen molar-refractivity contribution < 1.29 is 28.5 Å². The van der Waals surface area contributed by atoms with Crippen LogP contribution in [0.1, 0.15) is 45.1 Å². The monoisotopic (exact) mass is 562 g/mol. The summed E-state index contributed by atoms with van der Waals surface area (Å²) in [5, 5.41) is 12.3. The van der Waals surface area contributed by atoms with Crippen LogP contribution in [0.2, 0.25) is 0 Å². The number of para-hydroxylation sites is 1. The number of ether oxygens (including phenoxy) is 3. The molecular formula is C31H38N4O6. The van der Waals surface area contributed by atoms with Crippen LogP contribution >= 0.6 is 0 Å². The first kappa shape index (κ1) is 28.4.